The van der Waals surface area contributed by atoms with Crippen molar-refractivity contribution in [3.8, 4) is 5.75 Å². The highest BCUT2D eigenvalue weighted by Crippen LogP contribution is 2.31. The number of ether oxygens (including phenoxy) is 1. The number of aryl methyl sites for hydroxylation is 1. The first kappa shape index (κ1) is 12.2. The number of anilines is 1. The van der Waals surface area contributed by atoms with Crippen molar-refractivity contribution < 1.29 is 4.74 Å². The third kappa shape index (κ3) is 2.69. The zero-order valence-electron chi connectivity index (χ0n) is 10.7. The normalized spacial score (nSPS) is 11.1. The second-order valence-corrected chi connectivity index (χ2v) is 5.59. The third-order valence-electron chi connectivity index (χ3n) is 2.46. The molecule has 3 nitrogen and oxygen atoms in total. The van der Waals surface area contributed by atoms with E-state index in [9.17, 15) is 0 Å². The Balaban J connectivity index is 2.33. The van der Waals surface area contributed by atoms with E-state index in [-0.39, 0.29) is 0 Å². The largest absolute Gasteiger partial charge is 0.493 e. The molecule has 0 saturated heterocycles. The summed E-state index contributed by atoms with van der Waals surface area (Å²) in [6, 6.07) is 4.13. The SMILES string of the molecule is CNc1nc2c(C)cc(OCC(C)C)cc2s1. The number of nitrogens with one attached hydrogen (secondary N) is 1. The topological polar surface area (TPSA) is 34.2 Å². The van der Waals surface area contributed by atoms with Crippen LogP contribution in [0.4, 0.5) is 5.13 Å². The van der Waals surface area contributed by atoms with E-state index in [1.54, 1.807) is 11.3 Å². The average Bonchev–Trinajstić information content (AvgIpc) is 2.70. The molecule has 1 aromatic heterocycles. The fraction of sp³-hybridized carbons (Fsp3) is 0.462. The quantitative estimate of drug-likeness (QED) is 0.898. The molecule has 0 fully saturated rings. The molecule has 0 spiro atoms. The maximum Gasteiger partial charge on any atom is 0.183 e. The van der Waals surface area contributed by atoms with Crippen molar-refractivity contribution in [1.82, 2.24) is 4.98 Å². The second kappa shape index (κ2) is 4.92. The highest BCUT2D eigenvalue weighted by molar-refractivity contribution is 7.22. The molecule has 1 heterocycles. The molecule has 0 aliphatic heterocycles. The van der Waals surface area contributed by atoms with Crippen molar-refractivity contribution in [2.24, 2.45) is 5.92 Å². The van der Waals surface area contributed by atoms with Crippen LogP contribution in [-0.2, 0) is 0 Å². The van der Waals surface area contributed by atoms with Crippen LogP contribution < -0.4 is 10.1 Å². The zero-order chi connectivity index (χ0) is 12.4. The van der Waals surface area contributed by atoms with Crippen molar-refractivity contribution in [2.45, 2.75) is 20.8 Å². The van der Waals surface area contributed by atoms with Gasteiger partial charge in [-0.15, -0.1) is 0 Å². The summed E-state index contributed by atoms with van der Waals surface area (Å²) in [6.45, 7) is 7.13. The summed E-state index contributed by atoms with van der Waals surface area (Å²) in [7, 11) is 1.89. The Labute approximate surface area is 106 Å². The van der Waals surface area contributed by atoms with Gasteiger partial charge in [0.05, 0.1) is 16.8 Å². The van der Waals surface area contributed by atoms with E-state index in [0.29, 0.717) is 5.92 Å². The summed E-state index contributed by atoms with van der Waals surface area (Å²) in [4.78, 5) is 4.52. The maximum absolute atomic E-state index is 5.76. The highest BCUT2D eigenvalue weighted by atomic mass is 32.1. The molecule has 2 aromatic rings. The van der Waals surface area contributed by atoms with E-state index in [1.807, 2.05) is 7.05 Å². The van der Waals surface area contributed by atoms with Gasteiger partial charge < -0.3 is 10.1 Å². The van der Waals surface area contributed by atoms with Crippen LogP contribution in [0.2, 0.25) is 0 Å². The van der Waals surface area contributed by atoms with E-state index in [2.05, 4.69) is 43.2 Å². The minimum Gasteiger partial charge on any atom is -0.493 e. The molecule has 2 rings (SSSR count). The predicted octanol–water partition coefficient (Wildman–Crippen LogP) is 3.68. The molecular formula is C13H18N2OS. The number of hydrogen-bond donors (Lipinski definition) is 1. The molecule has 1 aromatic carbocycles. The molecule has 17 heavy (non-hydrogen) atoms. The molecule has 92 valence electrons. The van der Waals surface area contributed by atoms with Gasteiger partial charge in [-0.05, 0) is 30.5 Å². The van der Waals surface area contributed by atoms with Crippen molar-refractivity contribution in [2.75, 3.05) is 19.0 Å². The summed E-state index contributed by atoms with van der Waals surface area (Å²) in [6.07, 6.45) is 0. The van der Waals surface area contributed by atoms with Gasteiger partial charge in [0.25, 0.3) is 0 Å². The third-order valence-corrected chi connectivity index (χ3v) is 3.48. The summed E-state index contributed by atoms with van der Waals surface area (Å²) in [5.74, 6) is 1.48. The van der Waals surface area contributed by atoms with Crippen LogP contribution in [0.3, 0.4) is 0 Å². The molecule has 0 atom stereocenters. The molecule has 4 heteroatoms. The number of nitrogens with zero attached hydrogens (tertiary/aromatic N) is 1. The first-order valence-electron chi connectivity index (χ1n) is 5.82. The highest BCUT2D eigenvalue weighted by Gasteiger charge is 2.08. The minimum atomic E-state index is 0.542. The van der Waals surface area contributed by atoms with Gasteiger partial charge in [-0.1, -0.05) is 25.2 Å². The number of hydrogen-bond acceptors (Lipinski definition) is 4. The summed E-state index contributed by atoms with van der Waals surface area (Å²) in [5.41, 5.74) is 2.23. The zero-order valence-corrected chi connectivity index (χ0v) is 11.5. The summed E-state index contributed by atoms with van der Waals surface area (Å²) < 4.78 is 6.93. The van der Waals surface area contributed by atoms with E-state index < -0.39 is 0 Å². The van der Waals surface area contributed by atoms with Gasteiger partial charge in [0.1, 0.15) is 5.75 Å². The lowest BCUT2D eigenvalue weighted by atomic mass is 10.2. The number of benzene rings is 1. The molecule has 0 saturated carbocycles. The molecule has 0 amide bonds. The fourth-order valence-corrected chi connectivity index (χ4v) is 2.54. The Morgan fingerprint density at radius 1 is 1.41 bits per heavy atom. The molecule has 0 aliphatic rings. The van der Waals surface area contributed by atoms with E-state index in [0.717, 1.165) is 23.0 Å². The predicted molar refractivity (Wildman–Crippen MR) is 74.2 cm³/mol. The molecule has 0 radical (unpaired) electrons. The Morgan fingerprint density at radius 3 is 2.82 bits per heavy atom. The van der Waals surface area contributed by atoms with Crippen molar-refractivity contribution in [3.05, 3.63) is 17.7 Å². The number of thiazole rings is 1. The van der Waals surface area contributed by atoms with Crippen LogP contribution in [0.25, 0.3) is 10.2 Å². The second-order valence-electron chi connectivity index (χ2n) is 4.56. The van der Waals surface area contributed by atoms with Gasteiger partial charge in [-0.3, -0.25) is 0 Å². The van der Waals surface area contributed by atoms with Crippen molar-refractivity contribution >= 4 is 26.7 Å². The molecule has 0 aliphatic carbocycles. The van der Waals surface area contributed by atoms with E-state index >= 15 is 0 Å². The van der Waals surface area contributed by atoms with Crippen LogP contribution in [0.15, 0.2) is 12.1 Å². The van der Waals surface area contributed by atoms with Crippen LogP contribution in [0.5, 0.6) is 5.75 Å². The monoisotopic (exact) mass is 250 g/mol. The van der Waals surface area contributed by atoms with Crippen LogP contribution in [0.1, 0.15) is 19.4 Å². The summed E-state index contributed by atoms with van der Waals surface area (Å²) in [5, 5.41) is 4.03. The molecule has 0 bridgehead atoms. The Morgan fingerprint density at radius 2 is 2.18 bits per heavy atom. The first-order chi connectivity index (χ1) is 8.10. The fourth-order valence-electron chi connectivity index (χ4n) is 1.62. The van der Waals surface area contributed by atoms with Crippen LogP contribution >= 0.6 is 11.3 Å². The van der Waals surface area contributed by atoms with Crippen molar-refractivity contribution in [3.63, 3.8) is 0 Å². The van der Waals surface area contributed by atoms with Gasteiger partial charge in [0.15, 0.2) is 5.13 Å². The maximum atomic E-state index is 5.76. The van der Waals surface area contributed by atoms with Gasteiger partial charge in [-0.25, -0.2) is 4.98 Å². The Hall–Kier alpha value is -1.29. The molecule has 0 unspecified atom stereocenters. The van der Waals surface area contributed by atoms with Crippen molar-refractivity contribution in [1.29, 1.82) is 0 Å². The lowest BCUT2D eigenvalue weighted by molar-refractivity contribution is 0.271. The lowest BCUT2D eigenvalue weighted by Gasteiger charge is -2.09. The van der Waals surface area contributed by atoms with Gasteiger partial charge in [-0.2, -0.15) is 0 Å². The van der Waals surface area contributed by atoms with Crippen LogP contribution in [-0.4, -0.2) is 18.6 Å². The van der Waals surface area contributed by atoms with Gasteiger partial charge in [0.2, 0.25) is 0 Å². The van der Waals surface area contributed by atoms with Crippen LogP contribution in [0, 0.1) is 12.8 Å². The number of rotatable bonds is 4. The molecular weight excluding hydrogens is 232 g/mol. The average molecular weight is 250 g/mol. The number of aromatic nitrogens is 1. The standard InChI is InChI=1S/C13H18N2OS/c1-8(2)7-16-10-5-9(3)12-11(6-10)17-13(14-4)15-12/h5-6,8H,7H2,1-4H3,(H,14,15). The van der Waals surface area contributed by atoms with Gasteiger partial charge >= 0.3 is 0 Å². The van der Waals surface area contributed by atoms with E-state index in [4.69, 9.17) is 4.74 Å². The smallest absolute Gasteiger partial charge is 0.183 e. The van der Waals surface area contributed by atoms with Gasteiger partial charge in [0, 0.05) is 7.05 Å². The van der Waals surface area contributed by atoms with E-state index in [1.165, 1.54) is 10.3 Å². The molecule has 1 N–H and O–H groups in total. The Bertz CT molecular complexity index is 519. The summed E-state index contributed by atoms with van der Waals surface area (Å²) >= 11 is 1.66. The first-order valence-corrected chi connectivity index (χ1v) is 6.63. The minimum absolute atomic E-state index is 0.542. The Kier molecular flexibility index (Phi) is 3.52. The number of fused-ring (bicyclic) bond motifs is 1. The lowest BCUT2D eigenvalue weighted by Crippen LogP contribution is -2.04.